The Bertz CT molecular complexity index is 709. The number of carbonyl (C=O) groups excluding carboxylic acids is 4. The number of ether oxygens (including phenoxy) is 2. The van der Waals surface area contributed by atoms with Gasteiger partial charge in [-0.15, -0.1) is 0 Å². The minimum atomic E-state index is -1.34. The van der Waals surface area contributed by atoms with Crippen molar-refractivity contribution >= 4 is 30.0 Å². The van der Waals surface area contributed by atoms with Crippen molar-refractivity contribution in [3.8, 4) is 5.75 Å². The van der Waals surface area contributed by atoms with Crippen molar-refractivity contribution in [2.75, 3.05) is 20.3 Å². The van der Waals surface area contributed by atoms with Crippen LogP contribution in [0.2, 0.25) is 0 Å². The zero-order valence-electron chi connectivity index (χ0n) is 12.6. The van der Waals surface area contributed by atoms with E-state index in [0.717, 1.165) is 12.0 Å². The summed E-state index contributed by atoms with van der Waals surface area (Å²) in [6.07, 6.45) is 1.42. The Morgan fingerprint density at radius 3 is 2.50 bits per heavy atom. The van der Waals surface area contributed by atoms with Gasteiger partial charge in [0.05, 0.1) is 13.1 Å². The Morgan fingerprint density at radius 1 is 1.25 bits per heavy atom. The Balaban J connectivity index is 2.08. The first-order valence-corrected chi connectivity index (χ1v) is 6.75. The van der Waals surface area contributed by atoms with Crippen molar-refractivity contribution in [2.45, 2.75) is 0 Å². The minimum Gasteiger partial charge on any atom is -0.546 e. The number of carboxylic acid groups (broad SMARTS) is 1. The minimum absolute atomic E-state index is 0.00677. The first-order valence-electron chi connectivity index (χ1n) is 6.75. The van der Waals surface area contributed by atoms with Crippen molar-refractivity contribution in [1.29, 1.82) is 0 Å². The van der Waals surface area contributed by atoms with Crippen molar-refractivity contribution < 1.29 is 33.8 Å². The van der Waals surface area contributed by atoms with Gasteiger partial charge in [0.1, 0.15) is 24.6 Å². The van der Waals surface area contributed by atoms with Crippen molar-refractivity contribution in [3.63, 3.8) is 0 Å². The molecule has 1 fully saturated rings. The molecule has 9 heteroatoms. The van der Waals surface area contributed by atoms with E-state index in [1.165, 1.54) is 18.2 Å². The molecule has 0 spiro atoms. The summed E-state index contributed by atoms with van der Waals surface area (Å²) >= 11 is 0. The third-order valence-corrected chi connectivity index (χ3v) is 3.02. The van der Waals surface area contributed by atoms with Crippen LogP contribution >= 0.6 is 0 Å². The predicted octanol–water partition coefficient (Wildman–Crippen LogP) is -1.12. The van der Waals surface area contributed by atoms with E-state index in [2.05, 4.69) is 10.1 Å². The molecule has 0 atom stereocenters. The van der Waals surface area contributed by atoms with Crippen molar-refractivity contribution in [3.05, 3.63) is 35.5 Å². The second kappa shape index (κ2) is 7.27. The largest absolute Gasteiger partial charge is 0.546 e. The average Bonchev–Trinajstić information content (AvgIpc) is 2.81. The number of hydrogen-bond acceptors (Lipinski definition) is 7. The SMILES string of the molecule is COC(=O)CN1C(=O)N/C(=C/c2ccc(OCC(=O)[O-])cc2)C1=O. The number of carboxylic acids is 1. The molecule has 0 bridgehead atoms. The first kappa shape index (κ1) is 17.0. The van der Waals surface area contributed by atoms with Crippen LogP contribution in [0.1, 0.15) is 5.56 Å². The number of esters is 1. The van der Waals surface area contributed by atoms with Gasteiger partial charge in [0.15, 0.2) is 0 Å². The summed E-state index contributed by atoms with van der Waals surface area (Å²) in [7, 11) is 1.15. The number of amides is 3. The lowest BCUT2D eigenvalue weighted by Crippen LogP contribution is -2.36. The topological polar surface area (TPSA) is 125 Å². The number of methoxy groups -OCH3 is 1. The number of nitrogens with one attached hydrogen (secondary N) is 1. The Labute approximate surface area is 136 Å². The van der Waals surface area contributed by atoms with E-state index in [4.69, 9.17) is 4.74 Å². The number of aliphatic carboxylic acids is 1. The number of hydrogen-bond donors (Lipinski definition) is 1. The number of nitrogens with zero attached hydrogens (tertiary/aromatic N) is 1. The Morgan fingerprint density at radius 2 is 1.92 bits per heavy atom. The molecule has 1 heterocycles. The normalized spacial score (nSPS) is 15.4. The molecule has 1 saturated heterocycles. The van der Waals surface area contributed by atoms with E-state index < -0.39 is 37.0 Å². The number of carbonyl (C=O) groups is 4. The van der Waals surface area contributed by atoms with E-state index >= 15 is 0 Å². The lowest BCUT2D eigenvalue weighted by Gasteiger charge is -2.09. The monoisotopic (exact) mass is 333 g/mol. The molecule has 0 saturated carbocycles. The maximum absolute atomic E-state index is 12.1. The number of imide groups is 1. The summed E-state index contributed by atoms with van der Waals surface area (Å²) in [5, 5.41) is 12.7. The molecule has 126 valence electrons. The van der Waals surface area contributed by atoms with Crippen LogP contribution in [0.15, 0.2) is 30.0 Å². The van der Waals surface area contributed by atoms with Crippen LogP contribution in [0.3, 0.4) is 0 Å². The summed E-state index contributed by atoms with van der Waals surface area (Å²) in [6, 6.07) is 5.43. The van der Waals surface area contributed by atoms with Crippen LogP contribution in [-0.2, 0) is 19.1 Å². The highest BCUT2D eigenvalue weighted by Crippen LogP contribution is 2.17. The lowest BCUT2D eigenvalue weighted by atomic mass is 10.2. The van der Waals surface area contributed by atoms with Gasteiger partial charge >= 0.3 is 12.0 Å². The molecule has 1 aromatic carbocycles. The number of rotatable bonds is 6. The van der Waals surface area contributed by atoms with E-state index in [9.17, 15) is 24.3 Å². The molecule has 1 aliphatic heterocycles. The fourth-order valence-electron chi connectivity index (χ4n) is 1.88. The van der Waals surface area contributed by atoms with Crippen molar-refractivity contribution in [2.24, 2.45) is 0 Å². The summed E-state index contributed by atoms with van der Waals surface area (Å²) in [5.74, 6) is -2.39. The fourth-order valence-corrected chi connectivity index (χ4v) is 1.88. The second-order valence-electron chi connectivity index (χ2n) is 4.69. The van der Waals surface area contributed by atoms with E-state index in [1.54, 1.807) is 12.1 Å². The van der Waals surface area contributed by atoms with Crippen LogP contribution in [-0.4, -0.2) is 49.0 Å². The smallest absolute Gasteiger partial charge is 0.329 e. The maximum atomic E-state index is 12.1. The van der Waals surface area contributed by atoms with Crippen LogP contribution in [0, 0.1) is 0 Å². The molecule has 1 aliphatic rings. The molecule has 1 aromatic rings. The molecule has 9 nitrogen and oxygen atoms in total. The number of benzene rings is 1. The zero-order valence-corrected chi connectivity index (χ0v) is 12.6. The highest BCUT2D eigenvalue weighted by Gasteiger charge is 2.35. The third kappa shape index (κ3) is 4.09. The fraction of sp³-hybridized carbons (Fsp3) is 0.200. The highest BCUT2D eigenvalue weighted by molar-refractivity contribution is 6.15. The van der Waals surface area contributed by atoms with Gasteiger partial charge in [-0.2, -0.15) is 0 Å². The van der Waals surface area contributed by atoms with Crippen LogP contribution in [0.5, 0.6) is 5.75 Å². The summed E-state index contributed by atoms with van der Waals surface area (Å²) < 4.78 is 9.35. The molecule has 0 aromatic heterocycles. The molecule has 0 unspecified atom stereocenters. The first-order chi connectivity index (χ1) is 11.4. The van der Waals surface area contributed by atoms with E-state index in [-0.39, 0.29) is 5.70 Å². The molecule has 24 heavy (non-hydrogen) atoms. The van der Waals surface area contributed by atoms with Gasteiger partial charge < -0.3 is 24.7 Å². The average molecular weight is 333 g/mol. The second-order valence-corrected chi connectivity index (χ2v) is 4.69. The van der Waals surface area contributed by atoms with Gasteiger partial charge in [-0.25, -0.2) is 9.69 Å². The van der Waals surface area contributed by atoms with Gasteiger partial charge in [-0.1, -0.05) is 12.1 Å². The van der Waals surface area contributed by atoms with Gasteiger partial charge in [0.2, 0.25) is 0 Å². The van der Waals surface area contributed by atoms with Gasteiger partial charge in [0, 0.05) is 0 Å². The summed E-state index contributed by atoms with van der Waals surface area (Å²) in [6.45, 7) is -1.05. The van der Waals surface area contributed by atoms with E-state index in [1.807, 2.05) is 0 Å². The summed E-state index contributed by atoms with van der Waals surface area (Å²) in [4.78, 5) is 46.0. The van der Waals surface area contributed by atoms with Gasteiger partial charge in [0.25, 0.3) is 5.91 Å². The van der Waals surface area contributed by atoms with E-state index in [0.29, 0.717) is 11.3 Å². The molecule has 2 rings (SSSR count). The summed E-state index contributed by atoms with van der Waals surface area (Å²) in [5.41, 5.74) is 0.576. The zero-order chi connectivity index (χ0) is 17.7. The van der Waals surface area contributed by atoms with Gasteiger partial charge in [-0.05, 0) is 23.8 Å². The Hall–Kier alpha value is -3.36. The van der Waals surface area contributed by atoms with Gasteiger partial charge in [-0.3, -0.25) is 9.59 Å². The molecule has 3 amide bonds. The van der Waals surface area contributed by atoms with Crippen LogP contribution < -0.4 is 15.2 Å². The quantitative estimate of drug-likeness (QED) is 0.397. The molecule has 1 N–H and O–H groups in total. The standard InChI is InChI=1S/C15H14N2O7/c1-23-13(20)7-17-14(21)11(16-15(17)22)6-9-2-4-10(5-3-9)24-8-12(18)19/h2-6H,7-8H2,1H3,(H,16,22)(H,18,19)/p-1/b11-6+. The third-order valence-electron chi connectivity index (χ3n) is 3.02. The Kier molecular flexibility index (Phi) is 5.15. The molecule has 0 aliphatic carbocycles. The lowest BCUT2D eigenvalue weighted by molar-refractivity contribution is -0.307. The highest BCUT2D eigenvalue weighted by atomic mass is 16.5. The van der Waals surface area contributed by atoms with Crippen molar-refractivity contribution in [1.82, 2.24) is 10.2 Å². The van der Waals surface area contributed by atoms with Crippen LogP contribution in [0.4, 0.5) is 4.79 Å². The molecule has 0 radical (unpaired) electrons. The number of urea groups is 1. The maximum Gasteiger partial charge on any atom is 0.329 e. The molecular formula is C15H13N2O7-. The van der Waals surface area contributed by atoms with Crippen LogP contribution in [0.25, 0.3) is 6.08 Å². The molecular weight excluding hydrogens is 320 g/mol. The predicted molar refractivity (Wildman–Crippen MR) is 77.2 cm³/mol.